The molecular weight excluding hydrogens is 300 g/mol. The van der Waals surface area contributed by atoms with Gasteiger partial charge in [-0.25, -0.2) is 0 Å². The van der Waals surface area contributed by atoms with Crippen LogP contribution in [0.25, 0.3) is 0 Å². The molecular formula is C19H22N4O. The summed E-state index contributed by atoms with van der Waals surface area (Å²) in [5.74, 6) is 0.107. The zero-order valence-electron chi connectivity index (χ0n) is 13.7. The van der Waals surface area contributed by atoms with Gasteiger partial charge >= 0.3 is 0 Å². The number of likely N-dealkylation sites (tertiary alicyclic amines) is 1. The van der Waals surface area contributed by atoms with E-state index in [1.165, 1.54) is 5.56 Å². The van der Waals surface area contributed by atoms with Gasteiger partial charge in [-0.3, -0.25) is 19.7 Å². The molecule has 2 fully saturated rings. The molecule has 2 saturated heterocycles. The first-order valence-electron chi connectivity index (χ1n) is 8.57. The molecule has 1 atom stereocenters. The lowest BCUT2D eigenvalue weighted by molar-refractivity contribution is -0.121. The van der Waals surface area contributed by atoms with Crippen LogP contribution in [0.15, 0.2) is 49.1 Å². The van der Waals surface area contributed by atoms with E-state index in [0.29, 0.717) is 0 Å². The fraction of sp³-hybridized carbons (Fsp3) is 0.421. The van der Waals surface area contributed by atoms with Crippen molar-refractivity contribution in [2.24, 2.45) is 0 Å². The van der Waals surface area contributed by atoms with Gasteiger partial charge < -0.3 is 5.32 Å². The van der Waals surface area contributed by atoms with Gasteiger partial charge in [0.15, 0.2) is 0 Å². The molecule has 1 amide bonds. The van der Waals surface area contributed by atoms with Crippen LogP contribution in [0.2, 0.25) is 0 Å². The van der Waals surface area contributed by atoms with Crippen molar-refractivity contribution in [3.8, 4) is 0 Å². The number of carbonyl (C=O) groups excluding carboxylic acids is 1. The summed E-state index contributed by atoms with van der Waals surface area (Å²) in [6.07, 6.45) is 10.2. The summed E-state index contributed by atoms with van der Waals surface area (Å²) in [4.78, 5) is 23.2. The summed E-state index contributed by atoms with van der Waals surface area (Å²) < 4.78 is 0. The normalized spacial score (nSPS) is 23.3. The number of nitrogens with one attached hydrogen (secondary N) is 1. The lowest BCUT2D eigenvalue weighted by Crippen LogP contribution is -2.50. The number of piperidine rings is 1. The number of rotatable bonds is 3. The van der Waals surface area contributed by atoms with Crippen LogP contribution < -0.4 is 5.32 Å². The van der Waals surface area contributed by atoms with Crippen molar-refractivity contribution in [2.75, 3.05) is 13.1 Å². The van der Waals surface area contributed by atoms with E-state index in [9.17, 15) is 4.79 Å². The molecule has 24 heavy (non-hydrogen) atoms. The molecule has 0 saturated carbocycles. The molecule has 5 nitrogen and oxygen atoms in total. The molecule has 0 bridgehead atoms. The van der Waals surface area contributed by atoms with E-state index < -0.39 is 0 Å². The predicted octanol–water partition coefficient (Wildman–Crippen LogP) is 2.11. The minimum atomic E-state index is -0.0505. The van der Waals surface area contributed by atoms with Gasteiger partial charge in [0.05, 0.1) is 5.92 Å². The van der Waals surface area contributed by atoms with E-state index in [0.717, 1.165) is 44.5 Å². The molecule has 4 heterocycles. The maximum absolute atomic E-state index is 12.5. The summed E-state index contributed by atoms with van der Waals surface area (Å²) in [6, 6.07) is 8.06. The molecule has 2 aromatic heterocycles. The van der Waals surface area contributed by atoms with E-state index in [1.807, 2.05) is 30.7 Å². The molecule has 2 aromatic rings. The Morgan fingerprint density at radius 3 is 2.62 bits per heavy atom. The molecule has 4 rings (SSSR count). The van der Waals surface area contributed by atoms with E-state index in [2.05, 4.69) is 32.3 Å². The van der Waals surface area contributed by atoms with Crippen LogP contribution in [-0.4, -0.2) is 39.4 Å². The Hall–Kier alpha value is -2.27. The average Bonchev–Trinajstić information content (AvgIpc) is 2.95. The van der Waals surface area contributed by atoms with Crippen LogP contribution in [0, 0.1) is 0 Å². The van der Waals surface area contributed by atoms with Gasteiger partial charge in [0, 0.05) is 50.0 Å². The van der Waals surface area contributed by atoms with E-state index >= 15 is 0 Å². The second kappa shape index (κ2) is 6.32. The number of pyridine rings is 2. The predicted molar refractivity (Wildman–Crippen MR) is 91.2 cm³/mol. The standard InChI is InChI=1S/C19H22N4O/c24-18-17(16-2-1-7-21-13-16)12-19(22-18)5-10-23(11-6-19)14-15-3-8-20-9-4-15/h1-4,7-9,13,17H,5-6,10-12,14H2,(H,22,24)/t17-/m0/s1. The lowest BCUT2D eigenvalue weighted by atomic mass is 9.82. The minimum Gasteiger partial charge on any atom is -0.350 e. The van der Waals surface area contributed by atoms with Crippen LogP contribution in [0.1, 0.15) is 36.3 Å². The molecule has 2 aliphatic heterocycles. The highest BCUT2D eigenvalue weighted by Crippen LogP contribution is 2.39. The maximum atomic E-state index is 12.5. The summed E-state index contributed by atoms with van der Waals surface area (Å²) in [5, 5.41) is 3.30. The molecule has 1 N–H and O–H groups in total. The topological polar surface area (TPSA) is 58.1 Å². The highest BCUT2D eigenvalue weighted by molar-refractivity contribution is 5.87. The lowest BCUT2D eigenvalue weighted by Gasteiger charge is -2.39. The number of amides is 1. The first-order valence-corrected chi connectivity index (χ1v) is 8.57. The molecule has 0 aliphatic carbocycles. The van der Waals surface area contributed by atoms with Gasteiger partial charge in [-0.05, 0) is 48.6 Å². The van der Waals surface area contributed by atoms with Crippen LogP contribution in [0.4, 0.5) is 0 Å². The van der Waals surface area contributed by atoms with Crippen molar-refractivity contribution < 1.29 is 4.79 Å². The minimum absolute atomic E-state index is 0.0354. The first-order chi connectivity index (χ1) is 11.7. The SMILES string of the molecule is O=C1NC2(CCN(Cc3ccncc3)CC2)C[C@H]1c1cccnc1. The van der Waals surface area contributed by atoms with Crippen molar-refractivity contribution in [3.63, 3.8) is 0 Å². The van der Waals surface area contributed by atoms with Gasteiger partial charge in [-0.2, -0.15) is 0 Å². The number of nitrogens with zero attached hydrogens (tertiary/aromatic N) is 3. The third-order valence-corrected chi connectivity index (χ3v) is 5.36. The number of hydrogen-bond donors (Lipinski definition) is 1. The molecule has 0 aromatic carbocycles. The van der Waals surface area contributed by atoms with Crippen molar-refractivity contribution in [3.05, 3.63) is 60.2 Å². The van der Waals surface area contributed by atoms with Gasteiger partial charge in [-0.15, -0.1) is 0 Å². The van der Waals surface area contributed by atoms with Crippen LogP contribution in [0.5, 0.6) is 0 Å². The van der Waals surface area contributed by atoms with Gasteiger partial charge in [0.2, 0.25) is 5.91 Å². The Kier molecular flexibility index (Phi) is 4.02. The average molecular weight is 322 g/mol. The molecule has 5 heteroatoms. The Morgan fingerprint density at radius 1 is 1.12 bits per heavy atom. The van der Waals surface area contributed by atoms with E-state index in [-0.39, 0.29) is 17.4 Å². The Labute approximate surface area is 142 Å². The highest BCUT2D eigenvalue weighted by Gasteiger charge is 2.46. The van der Waals surface area contributed by atoms with Gasteiger partial charge in [-0.1, -0.05) is 6.07 Å². The zero-order chi connectivity index (χ0) is 16.4. The number of carbonyl (C=O) groups is 1. The number of aromatic nitrogens is 2. The summed E-state index contributed by atoms with van der Waals surface area (Å²) in [5.41, 5.74) is 2.29. The molecule has 0 unspecified atom stereocenters. The summed E-state index contributed by atoms with van der Waals surface area (Å²) >= 11 is 0. The molecule has 1 spiro atoms. The molecule has 124 valence electrons. The second-order valence-electron chi connectivity index (χ2n) is 6.94. The summed E-state index contributed by atoms with van der Waals surface area (Å²) in [7, 11) is 0. The first kappa shape index (κ1) is 15.3. The van der Waals surface area contributed by atoms with E-state index in [1.54, 1.807) is 6.20 Å². The quantitative estimate of drug-likeness (QED) is 0.940. The highest BCUT2D eigenvalue weighted by atomic mass is 16.2. The fourth-order valence-corrected chi connectivity index (χ4v) is 3.95. The molecule has 0 radical (unpaired) electrons. The Morgan fingerprint density at radius 2 is 1.92 bits per heavy atom. The fourth-order valence-electron chi connectivity index (χ4n) is 3.95. The van der Waals surface area contributed by atoms with Crippen molar-refractivity contribution in [1.82, 2.24) is 20.2 Å². The maximum Gasteiger partial charge on any atom is 0.228 e. The van der Waals surface area contributed by atoms with Crippen LogP contribution >= 0.6 is 0 Å². The zero-order valence-corrected chi connectivity index (χ0v) is 13.7. The van der Waals surface area contributed by atoms with Gasteiger partial charge in [0.1, 0.15) is 0 Å². The third-order valence-electron chi connectivity index (χ3n) is 5.36. The second-order valence-corrected chi connectivity index (χ2v) is 6.94. The third kappa shape index (κ3) is 3.04. The van der Waals surface area contributed by atoms with Crippen LogP contribution in [-0.2, 0) is 11.3 Å². The Balaban J connectivity index is 1.39. The Bertz CT molecular complexity index is 696. The van der Waals surface area contributed by atoms with Crippen LogP contribution in [0.3, 0.4) is 0 Å². The summed E-state index contributed by atoms with van der Waals surface area (Å²) in [6.45, 7) is 2.99. The molecule has 2 aliphatic rings. The van der Waals surface area contributed by atoms with Crippen molar-refractivity contribution in [2.45, 2.75) is 37.3 Å². The van der Waals surface area contributed by atoms with Crippen molar-refractivity contribution in [1.29, 1.82) is 0 Å². The van der Waals surface area contributed by atoms with E-state index in [4.69, 9.17) is 0 Å². The van der Waals surface area contributed by atoms with Crippen molar-refractivity contribution >= 4 is 5.91 Å². The largest absolute Gasteiger partial charge is 0.350 e. The monoisotopic (exact) mass is 322 g/mol. The van der Waals surface area contributed by atoms with Gasteiger partial charge in [0.25, 0.3) is 0 Å². The number of hydrogen-bond acceptors (Lipinski definition) is 4. The smallest absolute Gasteiger partial charge is 0.228 e.